The normalized spacial score (nSPS) is 17.9. The number of hydrogen-bond donors (Lipinski definition) is 2. The second kappa shape index (κ2) is 14.3. The Kier molecular flexibility index (Phi) is 10.1. The molecule has 2 fully saturated rings. The Hall–Kier alpha value is -4.57. The summed E-state index contributed by atoms with van der Waals surface area (Å²) in [6.07, 6.45) is 3.20. The molecule has 0 radical (unpaired) electrons. The van der Waals surface area contributed by atoms with Gasteiger partial charge in [-0.05, 0) is 38.8 Å². The van der Waals surface area contributed by atoms with Gasteiger partial charge in [-0.1, -0.05) is 6.42 Å². The van der Waals surface area contributed by atoms with E-state index in [0.717, 1.165) is 25.3 Å². The van der Waals surface area contributed by atoms with Crippen LogP contribution >= 0.6 is 0 Å². The van der Waals surface area contributed by atoms with E-state index in [1.165, 1.54) is 6.20 Å². The molecule has 4 aromatic rings. The number of carbonyl (C=O) groups is 1. The van der Waals surface area contributed by atoms with Crippen molar-refractivity contribution in [2.75, 3.05) is 69.9 Å². The summed E-state index contributed by atoms with van der Waals surface area (Å²) < 4.78 is 52.9. The molecule has 1 saturated carbocycles. The number of carboxylic acid groups (broad SMARTS) is 1. The zero-order valence-electron chi connectivity index (χ0n) is 28.6. The highest BCUT2D eigenvalue weighted by molar-refractivity contribution is 5.91. The molecule has 1 atom stereocenters. The first-order chi connectivity index (χ1) is 23.9. The Morgan fingerprint density at radius 1 is 1.12 bits per heavy atom. The van der Waals surface area contributed by atoms with Crippen LogP contribution < -0.4 is 14.5 Å². The number of nitrogens with zero attached hydrogens (tertiary/aromatic N) is 8. The third kappa shape index (κ3) is 7.45. The van der Waals surface area contributed by atoms with Gasteiger partial charge in [0.25, 0.3) is 0 Å². The molecule has 4 aromatic heterocycles. The van der Waals surface area contributed by atoms with E-state index in [1.54, 1.807) is 32.5 Å². The van der Waals surface area contributed by atoms with Crippen LogP contribution in [0.4, 0.5) is 24.7 Å². The highest BCUT2D eigenvalue weighted by Gasteiger charge is 2.39. The van der Waals surface area contributed by atoms with Crippen molar-refractivity contribution in [3.8, 4) is 28.7 Å². The number of H-pyrrole nitrogens is 1. The summed E-state index contributed by atoms with van der Waals surface area (Å²) in [5.74, 6) is -0.176. The molecule has 1 aliphatic heterocycles. The number of hydrogen-bond acceptors (Lipinski definition) is 11. The summed E-state index contributed by atoms with van der Waals surface area (Å²) >= 11 is 0. The highest BCUT2D eigenvalue weighted by Crippen LogP contribution is 2.43. The van der Waals surface area contributed by atoms with Crippen molar-refractivity contribution in [1.82, 2.24) is 34.8 Å². The molecule has 2 N–H and O–H groups in total. The molecule has 268 valence electrons. The van der Waals surface area contributed by atoms with Crippen molar-refractivity contribution in [1.29, 1.82) is 0 Å². The number of imidazole rings is 1. The lowest BCUT2D eigenvalue weighted by molar-refractivity contribution is -0.139. The Balaban J connectivity index is 1.33. The zero-order chi connectivity index (χ0) is 35.6. The maximum Gasteiger partial charge on any atom is 0.421 e. The zero-order valence-corrected chi connectivity index (χ0v) is 28.6. The first-order valence-corrected chi connectivity index (χ1v) is 16.7. The second-order valence-electron chi connectivity index (χ2n) is 13.2. The lowest BCUT2D eigenvalue weighted by Gasteiger charge is -2.44. The minimum Gasteiger partial charge on any atom is -0.481 e. The standard InChI is InChI=1S/C34H42F3N9O4/c1-5-50-32-23(34(35,36)37)13-22(15-40-32)24-14-26(44(3)19-33(20-49-4)8-6-9-33)29-31(41-24)43-30(42-29)25-16-39-27(17-38-25)46-12-11-45(21(2)18-46)10-7-28(47)48/h13-17,21H,5-12,18-20H2,1-4H3,(H,47,48)(H,41,42,43)/t21-/m0/s1. The average molecular weight is 698 g/mol. The number of aromatic amines is 1. The lowest BCUT2D eigenvalue weighted by atomic mass is 9.69. The monoisotopic (exact) mass is 697 g/mol. The van der Waals surface area contributed by atoms with Gasteiger partial charge in [-0.2, -0.15) is 13.2 Å². The summed E-state index contributed by atoms with van der Waals surface area (Å²) in [5, 5.41) is 9.06. The van der Waals surface area contributed by atoms with E-state index in [0.29, 0.717) is 73.5 Å². The number of rotatable bonds is 13. The van der Waals surface area contributed by atoms with Gasteiger partial charge in [0.15, 0.2) is 11.5 Å². The number of aliphatic carboxylic acids is 1. The largest absolute Gasteiger partial charge is 0.481 e. The smallest absolute Gasteiger partial charge is 0.421 e. The number of piperazine rings is 1. The topological polar surface area (TPSA) is 146 Å². The predicted octanol–water partition coefficient (Wildman–Crippen LogP) is 5.13. The van der Waals surface area contributed by atoms with Gasteiger partial charge in [-0.3, -0.25) is 9.69 Å². The van der Waals surface area contributed by atoms with Crippen molar-refractivity contribution < 1.29 is 32.5 Å². The molecule has 0 unspecified atom stereocenters. The number of fused-ring (bicyclic) bond motifs is 1. The van der Waals surface area contributed by atoms with Crippen LogP contribution in [0, 0.1) is 5.41 Å². The molecule has 0 bridgehead atoms. The molecule has 50 heavy (non-hydrogen) atoms. The second-order valence-corrected chi connectivity index (χ2v) is 13.2. The van der Waals surface area contributed by atoms with Crippen LogP contribution in [0.2, 0.25) is 0 Å². The van der Waals surface area contributed by atoms with Crippen LogP contribution in [0.1, 0.15) is 45.1 Å². The molecule has 1 aliphatic carbocycles. The lowest BCUT2D eigenvalue weighted by Crippen LogP contribution is -2.52. The van der Waals surface area contributed by atoms with Crippen LogP contribution in [0.25, 0.3) is 33.9 Å². The third-order valence-corrected chi connectivity index (χ3v) is 9.61. The van der Waals surface area contributed by atoms with Gasteiger partial charge in [0.2, 0.25) is 5.88 Å². The average Bonchev–Trinajstić information content (AvgIpc) is 3.50. The van der Waals surface area contributed by atoms with Gasteiger partial charge in [0.05, 0.1) is 43.4 Å². The van der Waals surface area contributed by atoms with Gasteiger partial charge in [-0.15, -0.1) is 0 Å². The van der Waals surface area contributed by atoms with E-state index in [9.17, 15) is 18.0 Å². The molecule has 0 spiro atoms. The van der Waals surface area contributed by atoms with E-state index in [4.69, 9.17) is 24.5 Å². The van der Waals surface area contributed by atoms with Crippen molar-refractivity contribution in [3.05, 3.63) is 36.3 Å². The van der Waals surface area contributed by atoms with Crippen LogP contribution in [-0.4, -0.2) is 112 Å². The first kappa shape index (κ1) is 35.3. The molecule has 16 heteroatoms. The summed E-state index contributed by atoms with van der Waals surface area (Å²) in [4.78, 5) is 43.5. The van der Waals surface area contributed by atoms with Gasteiger partial charge >= 0.3 is 12.1 Å². The van der Waals surface area contributed by atoms with E-state index in [2.05, 4.69) is 41.6 Å². The number of pyridine rings is 2. The van der Waals surface area contributed by atoms with Gasteiger partial charge in [0.1, 0.15) is 22.6 Å². The van der Waals surface area contributed by atoms with Crippen LogP contribution in [-0.2, 0) is 15.7 Å². The number of nitrogens with one attached hydrogen (secondary N) is 1. The summed E-state index contributed by atoms with van der Waals surface area (Å²) in [6, 6.07) is 2.92. The van der Waals surface area contributed by atoms with Crippen LogP contribution in [0.3, 0.4) is 0 Å². The minimum absolute atomic E-state index is 0.0349. The summed E-state index contributed by atoms with van der Waals surface area (Å²) in [6.45, 7) is 7.56. The highest BCUT2D eigenvalue weighted by atomic mass is 19.4. The Morgan fingerprint density at radius 2 is 1.92 bits per heavy atom. The van der Waals surface area contributed by atoms with Gasteiger partial charge in [-0.25, -0.2) is 24.9 Å². The quantitative estimate of drug-likeness (QED) is 0.191. The minimum atomic E-state index is -4.68. The van der Waals surface area contributed by atoms with E-state index in [1.807, 2.05) is 7.05 Å². The SMILES string of the molecule is CCOc1ncc(-c2cc(N(C)CC3(COC)CCC3)c3[nH]c(-c4cnc(N5CCN(CCC(=O)O)[C@@H](C)C5)cn4)nc3n2)cc1C(F)(F)F. The fourth-order valence-electron chi connectivity index (χ4n) is 6.89. The summed E-state index contributed by atoms with van der Waals surface area (Å²) in [5.41, 5.74) is 1.58. The van der Waals surface area contributed by atoms with Crippen molar-refractivity contribution in [2.45, 2.75) is 51.7 Å². The molecule has 1 saturated heterocycles. The number of methoxy groups -OCH3 is 1. The van der Waals surface area contributed by atoms with E-state index in [-0.39, 0.29) is 35.7 Å². The molecular weight excluding hydrogens is 655 g/mol. The maximum absolute atomic E-state index is 14.0. The number of anilines is 2. The molecular formula is C34H42F3N9O4. The Labute approximate surface area is 287 Å². The fourth-order valence-corrected chi connectivity index (χ4v) is 6.89. The van der Waals surface area contributed by atoms with Gasteiger partial charge in [0, 0.05) is 70.1 Å². The Bertz CT molecular complexity index is 1810. The maximum atomic E-state index is 14.0. The number of aromatic nitrogens is 6. The van der Waals surface area contributed by atoms with Crippen molar-refractivity contribution in [3.63, 3.8) is 0 Å². The fraction of sp³-hybridized carbons (Fsp3) is 0.529. The van der Waals surface area contributed by atoms with Crippen molar-refractivity contribution >= 4 is 28.6 Å². The predicted molar refractivity (Wildman–Crippen MR) is 181 cm³/mol. The van der Waals surface area contributed by atoms with Crippen molar-refractivity contribution in [2.24, 2.45) is 5.41 Å². The molecule has 6 rings (SSSR count). The molecule has 2 aliphatic rings. The molecule has 13 nitrogen and oxygen atoms in total. The van der Waals surface area contributed by atoms with E-state index >= 15 is 0 Å². The number of alkyl halides is 3. The van der Waals surface area contributed by atoms with E-state index < -0.39 is 23.6 Å². The van der Waals surface area contributed by atoms with Gasteiger partial charge < -0.3 is 29.4 Å². The third-order valence-electron chi connectivity index (χ3n) is 9.61. The summed E-state index contributed by atoms with van der Waals surface area (Å²) in [7, 11) is 3.64. The number of carboxylic acids is 1. The molecule has 0 aromatic carbocycles. The van der Waals surface area contributed by atoms with Crippen LogP contribution in [0.5, 0.6) is 5.88 Å². The number of ether oxygens (including phenoxy) is 2. The molecule has 0 amide bonds. The Morgan fingerprint density at radius 3 is 2.54 bits per heavy atom. The molecule has 5 heterocycles. The van der Waals surface area contributed by atoms with Crippen LogP contribution in [0.15, 0.2) is 30.7 Å². The first-order valence-electron chi connectivity index (χ1n) is 16.7. The number of halogens is 3.